The van der Waals surface area contributed by atoms with E-state index in [1.165, 1.54) is 32.4 Å². The van der Waals surface area contributed by atoms with Gasteiger partial charge in [-0.15, -0.1) is 0 Å². The lowest BCUT2D eigenvalue weighted by atomic mass is 9.85. The summed E-state index contributed by atoms with van der Waals surface area (Å²) >= 11 is 0. The fourth-order valence-electron chi connectivity index (χ4n) is 3.37. The van der Waals surface area contributed by atoms with Gasteiger partial charge in [-0.05, 0) is 47.0 Å². The van der Waals surface area contributed by atoms with E-state index in [9.17, 15) is 0 Å². The number of ether oxygens (including phenoxy) is 2. The van der Waals surface area contributed by atoms with Gasteiger partial charge in [-0.3, -0.25) is 0 Å². The zero-order valence-corrected chi connectivity index (χ0v) is 14.4. The van der Waals surface area contributed by atoms with E-state index in [1.54, 1.807) is 0 Å². The molecule has 0 aliphatic carbocycles. The van der Waals surface area contributed by atoms with Gasteiger partial charge in [0.1, 0.15) is 0 Å². The van der Waals surface area contributed by atoms with Gasteiger partial charge in [0, 0.05) is 50.3 Å². The zero-order chi connectivity index (χ0) is 15.3. The van der Waals surface area contributed by atoms with Crippen LogP contribution in [0.3, 0.4) is 0 Å². The number of likely N-dealkylation sites (tertiary alicyclic amines) is 1. The van der Waals surface area contributed by atoms with Crippen LogP contribution in [-0.2, 0) is 9.47 Å². The maximum atomic E-state index is 5.75. The Hall–Kier alpha value is -0.160. The molecule has 2 fully saturated rings. The number of nitrogens with zero attached hydrogens (tertiary/aromatic N) is 1. The summed E-state index contributed by atoms with van der Waals surface area (Å²) in [5, 5.41) is 3.69. The van der Waals surface area contributed by atoms with Crippen LogP contribution in [0.5, 0.6) is 0 Å². The molecule has 0 amide bonds. The summed E-state index contributed by atoms with van der Waals surface area (Å²) in [5.74, 6) is 0. The molecule has 4 heteroatoms. The Balaban J connectivity index is 1.83. The first-order valence-electron chi connectivity index (χ1n) is 8.59. The molecular formula is C17H34N2O2. The molecule has 2 heterocycles. The first-order chi connectivity index (χ1) is 9.92. The van der Waals surface area contributed by atoms with Crippen molar-refractivity contribution in [3.63, 3.8) is 0 Å². The summed E-state index contributed by atoms with van der Waals surface area (Å²) in [6.07, 6.45) is 4.02. The van der Waals surface area contributed by atoms with Crippen LogP contribution < -0.4 is 5.32 Å². The van der Waals surface area contributed by atoms with Gasteiger partial charge in [0.05, 0.1) is 12.7 Å². The molecule has 1 N–H and O–H groups in total. The monoisotopic (exact) mass is 298 g/mol. The molecule has 4 nitrogen and oxygen atoms in total. The normalized spacial score (nSPS) is 29.1. The molecule has 0 spiro atoms. The van der Waals surface area contributed by atoms with E-state index in [0.29, 0.717) is 11.5 Å². The molecule has 2 aliphatic heterocycles. The standard InChI is InChI=1S/C17H34N2O2/c1-5-21-15-6-9-19(10-7-15)13-17(8-11-20-14-17)12-18-16(2,3)4/h15,18H,5-14H2,1-4H3. The average Bonchev–Trinajstić information content (AvgIpc) is 2.88. The molecule has 2 saturated heterocycles. The Morgan fingerprint density at radius 2 is 2.00 bits per heavy atom. The molecule has 0 aromatic rings. The molecule has 2 aliphatic rings. The van der Waals surface area contributed by atoms with Gasteiger partial charge < -0.3 is 19.7 Å². The quantitative estimate of drug-likeness (QED) is 0.816. The fraction of sp³-hybridized carbons (Fsp3) is 1.00. The van der Waals surface area contributed by atoms with Crippen molar-refractivity contribution in [2.24, 2.45) is 5.41 Å². The average molecular weight is 298 g/mol. The second-order valence-corrected chi connectivity index (χ2v) is 7.84. The minimum Gasteiger partial charge on any atom is -0.381 e. The molecule has 0 radical (unpaired) electrons. The van der Waals surface area contributed by atoms with Crippen LogP contribution >= 0.6 is 0 Å². The van der Waals surface area contributed by atoms with Gasteiger partial charge >= 0.3 is 0 Å². The highest BCUT2D eigenvalue weighted by molar-refractivity contribution is 4.91. The summed E-state index contributed by atoms with van der Waals surface area (Å²) in [7, 11) is 0. The molecule has 0 aromatic heterocycles. The predicted molar refractivity (Wildman–Crippen MR) is 86.7 cm³/mol. The number of piperidine rings is 1. The smallest absolute Gasteiger partial charge is 0.0599 e. The van der Waals surface area contributed by atoms with Gasteiger partial charge in [-0.25, -0.2) is 0 Å². The SMILES string of the molecule is CCOC1CCN(CC2(CNC(C)(C)C)CCOC2)CC1. The molecule has 1 atom stereocenters. The highest BCUT2D eigenvalue weighted by Gasteiger charge is 2.38. The highest BCUT2D eigenvalue weighted by atomic mass is 16.5. The number of hydrogen-bond donors (Lipinski definition) is 1. The lowest BCUT2D eigenvalue weighted by Gasteiger charge is -2.39. The van der Waals surface area contributed by atoms with Crippen LogP contribution in [0.25, 0.3) is 0 Å². The topological polar surface area (TPSA) is 33.7 Å². The maximum Gasteiger partial charge on any atom is 0.0599 e. The predicted octanol–water partition coefficient (Wildman–Crippen LogP) is 2.28. The van der Waals surface area contributed by atoms with E-state index < -0.39 is 0 Å². The Morgan fingerprint density at radius 3 is 2.52 bits per heavy atom. The maximum absolute atomic E-state index is 5.75. The Labute approximate surface area is 130 Å². The first kappa shape index (κ1) is 17.2. The first-order valence-corrected chi connectivity index (χ1v) is 8.59. The lowest BCUT2D eigenvalue weighted by Crippen LogP contribution is -2.51. The van der Waals surface area contributed by atoms with E-state index in [1.807, 2.05) is 0 Å². The van der Waals surface area contributed by atoms with Crippen LogP contribution in [0.1, 0.15) is 47.0 Å². The summed E-state index contributed by atoms with van der Waals surface area (Å²) in [5.41, 5.74) is 0.475. The Bertz CT molecular complexity index is 300. The second-order valence-electron chi connectivity index (χ2n) is 7.84. The van der Waals surface area contributed by atoms with Crippen molar-refractivity contribution in [2.75, 3.05) is 46.0 Å². The largest absolute Gasteiger partial charge is 0.381 e. The van der Waals surface area contributed by atoms with Crippen molar-refractivity contribution in [2.45, 2.75) is 58.6 Å². The number of nitrogens with one attached hydrogen (secondary N) is 1. The molecule has 2 rings (SSSR count). The third kappa shape index (κ3) is 5.51. The van der Waals surface area contributed by atoms with Crippen molar-refractivity contribution >= 4 is 0 Å². The molecule has 1 unspecified atom stereocenters. The summed E-state index contributed by atoms with van der Waals surface area (Å²) in [6, 6.07) is 0. The second kappa shape index (κ2) is 7.40. The molecule has 21 heavy (non-hydrogen) atoms. The fourth-order valence-corrected chi connectivity index (χ4v) is 3.37. The third-order valence-electron chi connectivity index (χ3n) is 4.67. The third-order valence-corrected chi connectivity index (χ3v) is 4.67. The lowest BCUT2D eigenvalue weighted by molar-refractivity contribution is 0.00203. The van der Waals surface area contributed by atoms with Crippen LogP contribution in [0.15, 0.2) is 0 Å². The molecule has 0 bridgehead atoms. The van der Waals surface area contributed by atoms with Crippen LogP contribution in [0, 0.1) is 5.41 Å². The Morgan fingerprint density at radius 1 is 1.29 bits per heavy atom. The van der Waals surface area contributed by atoms with Gasteiger partial charge in [-0.1, -0.05) is 0 Å². The molecule has 0 aromatic carbocycles. The van der Waals surface area contributed by atoms with Crippen molar-refractivity contribution in [3.05, 3.63) is 0 Å². The van der Waals surface area contributed by atoms with E-state index >= 15 is 0 Å². The van der Waals surface area contributed by atoms with Gasteiger partial charge in [-0.2, -0.15) is 0 Å². The van der Waals surface area contributed by atoms with Crippen LogP contribution in [0.4, 0.5) is 0 Å². The van der Waals surface area contributed by atoms with Crippen molar-refractivity contribution in [3.8, 4) is 0 Å². The van der Waals surface area contributed by atoms with E-state index in [-0.39, 0.29) is 5.54 Å². The molecule has 124 valence electrons. The Kier molecular flexibility index (Phi) is 6.06. The number of hydrogen-bond acceptors (Lipinski definition) is 4. The van der Waals surface area contributed by atoms with Crippen LogP contribution in [0.2, 0.25) is 0 Å². The summed E-state index contributed by atoms with van der Waals surface area (Å²) < 4.78 is 11.5. The summed E-state index contributed by atoms with van der Waals surface area (Å²) in [6.45, 7) is 16.0. The van der Waals surface area contributed by atoms with Gasteiger partial charge in [0.25, 0.3) is 0 Å². The molecular weight excluding hydrogens is 264 g/mol. The van der Waals surface area contributed by atoms with Crippen molar-refractivity contribution < 1.29 is 9.47 Å². The van der Waals surface area contributed by atoms with E-state index in [2.05, 4.69) is 37.9 Å². The van der Waals surface area contributed by atoms with Gasteiger partial charge in [0.2, 0.25) is 0 Å². The minimum absolute atomic E-state index is 0.178. The zero-order valence-electron chi connectivity index (χ0n) is 14.4. The van der Waals surface area contributed by atoms with Crippen LogP contribution in [-0.4, -0.2) is 62.5 Å². The summed E-state index contributed by atoms with van der Waals surface area (Å²) in [4.78, 5) is 2.62. The minimum atomic E-state index is 0.178. The number of rotatable bonds is 6. The van der Waals surface area contributed by atoms with E-state index in [4.69, 9.17) is 9.47 Å². The van der Waals surface area contributed by atoms with Crippen molar-refractivity contribution in [1.29, 1.82) is 0 Å². The van der Waals surface area contributed by atoms with Crippen molar-refractivity contribution in [1.82, 2.24) is 10.2 Å². The van der Waals surface area contributed by atoms with Gasteiger partial charge in [0.15, 0.2) is 0 Å². The molecule has 0 saturated carbocycles. The highest BCUT2D eigenvalue weighted by Crippen LogP contribution is 2.31. The van der Waals surface area contributed by atoms with E-state index in [0.717, 1.165) is 32.9 Å².